The molecule has 7 heteroatoms. The molecular formula is C16H12N4O3. The standard InChI is InChI=1S/C16H12N4O3/c1-10-8-20-9-11(4-5-15(20)17-10)18-16(21)12-7-14(23-19-12)13-3-2-6-22-13/h2-9H,1H3,(H,18,21). The zero-order valence-corrected chi connectivity index (χ0v) is 12.2. The second-order valence-corrected chi connectivity index (χ2v) is 5.07. The molecule has 0 aliphatic rings. The van der Waals surface area contributed by atoms with E-state index < -0.39 is 0 Å². The highest BCUT2D eigenvalue weighted by atomic mass is 16.5. The Hall–Kier alpha value is -3.35. The highest BCUT2D eigenvalue weighted by molar-refractivity contribution is 6.03. The Morgan fingerprint density at radius 3 is 2.96 bits per heavy atom. The van der Waals surface area contributed by atoms with Gasteiger partial charge in [-0.25, -0.2) is 4.98 Å². The van der Waals surface area contributed by atoms with Crippen LogP contribution in [0.25, 0.3) is 17.2 Å². The molecule has 4 heterocycles. The van der Waals surface area contributed by atoms with E-state index in [2.05, 4.69) is 15.5 Å². The second-order valence-electron chi connectivity index (χ2n) is 5.07. The van der Waals surface area contributed by atoms with E-state index in [1.54, 1.807) is 24.4 Å². The van der Waals surface area contributed by atoms with E-state index >= 15 is 0 Å². The number of amides is 1. The Bertz CT molecular complexity index is 982. The smallest absolute Gasteiger partial charge is 0.277 e. The summed E-state index contributed by atoms with van der Waals surface area (Å²) in [5, 5.41) is 6.55. The van der Waals surface area contributed by atoms with Gasteiger partial charge in [-0.3, -0.25) is 4.79 Å². The van der Waals surface area contributed by atoms with Gasteiger partial charge in [0.15, 0.2) is 11.5 Å². The van der Waals surface area contributed by atoms with Crippen LogP contribution in [0.15, 0.2) is 57.9 Å². The number of fused-ring (bicyclic) bond motifs is 1. The van der Waals surface area contributed by atoms with Crippen LogP contribution >= 0.6 is 0 Å². The quantitative estimate of drug-likeness (QED) is 0.628. The largest absolute Gasteiger partial charge is 0.461 e. The normalized spacial score (nSPS) is 11.0. The predicted octanol–water partition coefficient (Wildman–Crippen LogP) is 3.14. The van der Waals surface area contributed by atoms with Gasteiger partial charge in [0.25, 0.3) is 5.91 Å². The van der Waals surface area contributed by atoms with Crippen molar-refractivity contribution in [2.45, 2.75) is 6.92 Å². The molecular weight excluding hydrogens is 296 g/mol. The van der Waals surface area contributed by atoms with E-state index in [1.807, 2.05) is 23.6 Å². The van der Waals surface area contributed by atoms with Crippen molar-refractivity contribution in [2.24, 2.45) is 0 Å². The number of aryl methyl sites for hydroxylation is 1. The van der Waals surface area contributed by atoms with Gasteiger partial charge in [0.05, 0.1) is 17.6 Å². The Morgan fingerprint density at radius 1 is 1.22 bits per heavy atom. The molecule has 1 N–H and O–H groups in total. The molecule has 0 unspecified atom stereocenters. The van der Waals surface area contributed by atoms with Gasteiger partial charge in [-0.2, -0.15) is 0 Å². The summed E-state index contributed by atoms with van der Waals surface area (Å²) in [7, 11) is 0. The maximum Gasteiger partial charge on any atom is 0.277 e. The van der Waals surface area contributed by atoms with E-state index in [-0.39, 0.29) is 11.6 Å². The molecule has 0 aromatic carbocycles. The Balaban J connectivity index is 1.56. The number of hydrogen-bond acceptors (Lipinski definition) is 5. The molecule has 4 aromatic heterocycles. The van der Waals surface area contributed by atoms with Crippen LogP contribution in [0.3, 0.4) is 0 Å². The second kappa shape index (κ2) is 5.13. The van der Waals surface area contributed by atoms with Crippen molar-refractivity contribution in [1.82, 2.24) is 14.5 Å². The molecule has 0 spiro atoms. The fourth-order valence-corrected chi connectivity index (χ4v) is 2.30. The topological polar surface area (TPSA) is 85.6 Å². The zero-order valence-electron chi connectivity index (χ0n) is 12.2. The van der Waals surface area contributed by atoms with Crippen molar-refractivity contribution in [2.75, 3.05) is 5.32 Å². The number of hydrogen-bond donors (Lipinski definition) is 1. The molecule has 0 bridgehead atoms. The summed E-state index contributed by atoms with van der Waals surface area (Å²) < 4.78 is 12.2. The average molecular weight is 308 g/mol. The summed E-state index contributed by atoms with van der Waals surface area (Å²) in [6.45, 7) is 1.91. The number of rotatable bonds is 3. The number of nitrogens with one attached hydrogen (secondary N) is 1. The van der Waals surface area contributed by atoms with Gasteiger partial charge in [-0.05, 0) is 31.2 Å². The third-order valence-corrected chi connectivity index (χ3v) is 3.34. The molecule has 4 rings (SSSR count). The lowest BCUT2D eigenvalue weighted by Crippen LogP contribution is -2.12. The van der Waals surface area contributed by atoms with Gasteiger partial charge in [0.2, 0.25) is 5.76 Å². The van der Waals surface area contributed by atoms with Crippen molar-refractivity contribution in [3.8, 4) is 11.5 Å². The summed E-state index contributed by atoms with van der Waals surface area (Å²) in [5.41, 5.74) is 2.55. The molecule has 1 amide bonds. The molecule has 0 fully saturated rings. The van der Waals surface area contributed by atoms with Gasteiger partial charge in [0, 0.05) is 18.5 Å². The van der Waals surface area contributed by atoms with Gasteiger partial charge < -0.3 is 18.7 Å². The molecule has 114 valence electrons. The third kappa shape index (κ3) is 2.48. The maximum atomic E-state index is 12.2. The van der Waals surface area contributed by atoms with E-state index in [9.17, 15) is 4.79 Å². The number of anilines is 1. The lowest BCUT2D eigenvalue weighted by atomic mass is 10.3. The Kier molecular flexibility index (Phi) is 2.97. The van der Waals surface area contributed by atoms with Crippen molar-refractivity contribution in [1.29, 1.82) is 0 Å². The molecule has 0 aliphatic carbocycles. The van der Waals surface area contributed by atoms with E-state index in [4.69, 9.17) is 8.94 Å². The number of furan rings is 1. The summed E-state index contributed by atoms with van der Waals surface area (Å²) >= 11 is 0. The first-order valence-corrected chi connectivity index (χ1v) is 6.96. The van der Waals surface area contributed by atoms with Gasteiger partial charge in [-0.1, -0.05) is 5.16 Å². The van der Waals surface area contributed by atoms with Crippen molar-refractivity contribution in [3.63, 3.8) is 0 Å². The van der Waals surface area contributed by atoms with Crippen LogP contribution in [0.2, 0.25) is 0 Å². The summed E-state index contributed by atoms with van der Waals surface area (Å²) in [5.74, 6) is 0.565. The van der Waals surface area contributed by atoms with Crippen LogP contribution in [0.4, 0.5) is 5.69 Å². The minimum absolute atomic E-state index is 0.179. The molecule has 0 aliphatic heterocycles. The molecule has 23 heavy (non-hydrogen) atoms. The SMILES string of the molecule is Cc1cn2cc(NC(=O)c3cc(-c4ccco4)on3)ccc2n1. The summed E-state index contributed by atoms with van der Waals surface area (Å²) in [6, 6.07) is 8.62. The maximum absolute atomic E-state index is 12.2. The van der Waals surface area contributed by atoms with Crippen LogP contribution in [0, 0.1) is 6.92 Å². The van der Waals surface area contributed by atoms with Crippen LogP contribution < -0.4 is 5.32 Å². The van der Waals surface area contributed by atoms with Crippen molar-refractivity contribution >= 4 is 17.2 Å². The highest BCUT2D eigenvalue weighted by Crippen LogP contribution is 2.21. The van der Waals surface area contributed by atoms with Crippen LogP contribution in [-0.2, 0) is 0 Å². The van der Waals surface area contributed by atoms with Gasteiger partial charge in [0.1, 0.15) is 5.65 Å². The first-order valence-electron chi connectivity index (χ1n) is 6.96. The molecule has 0 radical (unpaired) electrons. The number of nitrogens with zero attached hydrogens (tertiary/aromatic N) is 3. The fourth-order valence-electron chi connectivity index (χ4n) is 2.30. The fraction of sp³-hybridized carbons (Fsp3) is 0.0625. The van der Waals surface area contributed by atoms with Gasteiger partial charge >= 0.3 is 0 Å². The van der Waals surface area contributed by atoms with Crippen molar-refractivity contribution in [3.05, 3.63) is 60.4 Å². The summed E-state index contributed by atoms with van der Waals surface area (Å²) in [6.07, 6.45) is 5.21. The number of imidazole rings is 1. The average Bonchev–Trinajstić information content (AvgIpc) is 3.26. The first-order chi connectivity index (χ1) is 11.2. The lowest BCUT2D eigenvalue weighted by molar-refractivity contribution is 0.101. The van der Waals surface area contributed by atoms with E-state index in [0.29, 0.717) is 17.2 Å². The Morgan fingerprint density at radius 2 is 2.13 bits per heavy atom. The minimum Gasteiger partial charge on any atom is -0.461 e. The number of carbonyl (C=O) groups is 1. The highest BCUT2D eigenvalue weighted by Gasteiger charge is 2.15. The molecule has 0 atom stereocenters. The first kappa shape index (κ1) is 13.3. The third-order valence-electron chi connectivity index (χ3n) is 3.34. The zero-order chi connectivity index (χ0) is 15.8. The molecule has 4 aromatic rings. The number of carbonyl (C=O) groups excluding carboxylic acids is 1. The van der Waals surface area contributed by atoms with Crippen LogP contribution in [0.5, 0.6) is 0 Å². The van der Waals surface area contributed by atoms with Crippen molar-refractivity contribution < 1.29 is 13.7 Å². The monoisotopic (exact) mass is 308 g/mol. The molecule has 7 nitrogen and oxygen atoms in total. The number of pyridine rings is 1. The molecule has 0 saturated heterocycles. The van der Waals surface area contributed by atoms with Gasteiger partial charge in [-0.15, -0.1) is 0 Å². The minimum atomic E-state index is -0.359. The van der Waals surface area contributed by atoms with E-state index in [0.717, 1.165) is 11.3 Å². The van der Waals surface area contributed by atoms with E-state index in [1.165, 1.54) is 12.3 Å². The molecule has 0 saturated carbocycles. The lowest BCUT2D eigenvalue weighted by Gasteiger charge is -2.03. The Labute approximate surface area is 130 Å². The number of aromatic nitrogens is 3. The summed E-state index contributed by atoms with van der Waals surface area (Å²) in [4.78, 5) is 16.6. The van der Waals surface area contributed by atoms with Crippen LogP contribution in [0.1, 0.15) is 16.2 Å². The van der Waals surface area contributed by atoms with Crippen LogP contribution in [-0.4, -0.2) is 20.4 Å². The predicted molar refractivity (Wildman–Crippen MR) is 82.1 cm³/mol.